The third kappa shape index (κ3) is 7.65. The molecule has 1 N–H and O–H groups in total. The first kappa shape index (κ1) is 24.3. The van der Waals surface area contributed by atoms with E-state index in [-0.39, 0.29) is 12.5 Å². The number of halogens is 1. The zero-order chi connectivity index (χ0) is 24.0. The van der Waals surface area contributed by atoms with Gasteiger partial charge in [-0.3, -0.25) is 0 Å². The molecule has 33 heavy (non-hydrogen) atoms. The normalized spacial score (nSPS) is 13.8. The van der Waals surface area contributed by atoms with Crippen LogP contribution in [0, 0.1) is 11.8 Å². The van der Waals surface area contributed by atoms with Crippen molar-refractivity contribution >= 4 is 23.7 Å². The molecule has 1 unspecified atom stereocenters. The van der Waals surface area contributed by atoms with Gasteiger partial charge in [-0.1, -0.05) is 17.5 Å². The summed E-state index contributed by atoms with van der Waals surface area (Å²) in [6, 6.07) is 6.23. The molecule has 0 bridgehead atoms. The second-order valence-electron chi connectivity index (χ2n) is 8.48. The third-order valence-electron chi connectivity index (χ3n) is 4.41. The quantitative estimate of drug-likeness (QED) is 0.499. The number of hydrogen-bond acceptors (Lipinski definition) is 7. The molecule has 0 radical (unpaired) electrons. The van der Waals surface area contributed by atoms with Crippen LogP contribution in [-0.4, -0.2) is 46.9 Å². The van der Waals surface area contributed by atoms with Crippen LogP contribution in [0.1, 0.15) is 45.7 Å². The summed E-state index contributed by atoms with van der Waals surface area (Å²) in [6.45, 7) is 5.19. The van der Waals surface area contributed by atoms with Crippen LogP contribution in [0.25, 0.3) is 11.3 Å². The van der Waals surface area contributed by atoms with Gasteiger partial charge in [-0.25, -0.2) is 19.6 Å². The molecule has 1 atom stereocenters. The van der Waals surface area contributed by atoms with E-state index in [1.807, 2.05) is 12.1 Å². The minimum atomic E-state index is -0.975. The molecule has 1 saturated carbocycles. The Morgan fingerprint density at radius 2 is 2.00 bits per heavy atom. The number of benzene rings is 1. The van der Waals surface area contributed by atoms with E-state index in [1.165, 1.54) is 13.4 Å². The molecular formula is C24H26ClN3O5. The summed E-state index contributed by atoms with van der Waals surface area (Å²) in [6.07, 6.45) is 3.05. The Balaban J connectivity index is 1.69. The van der Waals surface area contributed by atoms with Crippen molar-refractivity contribution < 1.29 is 23.8 Å². The summed E-state index contributed by atoms with van der Waals surface area (Å²) in [4.78, 5) is 32.5. The summed E-state index contributed by atoms with van der Waals surface area (Å²) >= 11 is 6.35. The topological polar surface area (TPSA) is 99.6 Å². The fourth-order valence-electron chi connectivity index (χ4n) is 2.73. The fraction of sp³-hybridized carbons (Fsp3) is 0.417. The number of nitrogens with one attached hydrogen (secondary N) is 1. The Kier molecular flexibility index (Phi) is 7.77. The third-order valence-corrected chi connectivity index (χ3v) is 4.71. The molecule has 8 nitrogen and oxygen atoms in total. The van der Waals surface area contributed by atoms with Crippen molar-refractivity contribution in [1.29, 1.82) is 0 Å². The lowest BCUT2D eigenvalue weighted by Crippen LogP contribution is -2.43. The Morgan fingerprint density at radius 3 is 2.64 bits per heavy atom. The van der Waals surface area contributed by atoms with E-state index in [0.717, 1.165) is 18.4 Å². The fourth-order valence-corrected chi connectivity index (χ4v) is 2.96. The molecule has 0 aliphatic heterocycles. The number of hydrogen-bond donors (Lipinski definition) is 1. The van der Waals surface area contributed by atoms with Crippen molar-refractivity contribution in [3.8, 4) is 28.8 Å². The summed E-state index contributed by atoms with van der Waals surface area (Å²) in [5.41, 5.74) is 1.20. The predicted octanol–water partition coefficient (Wildman–Crippen LogP) is 4.15. The number of aromatic nitrogens is 2. The van der Waals surface area contributed by atoms with E-state index < -0.39 is 23.7 Å². The summed E-state index contributed by atoms with van der Waals surface area (Å²) in [7, 11) is 1.24. The molecule has 9 heteroatoms. The van der Waals surface area contributed by atoms with Crippen molar-refractivity contribution in [2.45, 2.75) is 57.8 Å². The first-order chi connectivity index (χ1) is 15.6. The summed E-state index contributed by atoms with van der Waals surface area (Å²) in [5.74, 6) is 5.78. The lowest BCUT2D eigenvalue weighted by molar-refractivity contribution is -0.143. The van der Waals surface area contributed by atoms with Crippen molar-refractivity contribution in [3.63, 3.8) is 0 Å². The largest absolute Gasteiger partial charge is 0.489 e. The van der Waals surface area contributed by atoms with Gasteiger partial charge in [-0.05, 0) is 63.8 Å². The zero-order valence-corrected chi connectivity index (χ0v) is 19.7. The molecule has 2 aromatic rings. The SMILES string of the molecule is COC(=O)C(CC#Cc1cc(-c2ccc(OC3CC3)c(Cl)c2)ncn1)NC(=O)OC(C)(C)C. The van der Waals surface area contributed by atoms with Crippen molar-refractivity contribution in [2.24, 2.45) is 0 Å². The smallest absolute Gasteiger partial charge is 0.408 e. The zero-order valence-electron chi connectivity index (χ0n) is 19.0. The van der Waals surface area contributed by atoms with Crippen LogP contribution in [0.2, 0.25) is 5.02 Å². The van der Waals surface area contributed by atoms with Crippen molar-refractivity contribution in [3.05, 3.63) is 41.3 Å². The first-order valence-corrected chi connectivity index (χ1v) is 10.9. The maximum atomic E-state index is 12.0. The van der Waals surface area contributed by atoms with E-state index in [0.29, 0.717) is 22.2 Å². The second-order valence-corrected chi connectivity index (χ2v) is 8.89. The Labute approximate surface area is 198 Å². The number of alkyl carbamates (subject to hydrolysis) is 1. The number of nitrogens with zero attached hydrogens (tertiary/aromatic N) is 2. The van der Waals surface area contributed by atoms with E-state index in [2.05, 4.69) is 27.1 Å². The van der Waals surface area contributed by atoms with Crippen LogP contribution in [0.15, 0.2) is 30.6 Å². The average Bonchev–Trinajstić information content (AvgIpc) is 3.57. The molecule has 0 saturated heterocycles. The van der Waals surface area contributed by atoms with Crippen molar-refractivity contribution in [1.82, 2.24) is 15.3 Å². The minimum absolute atomic E-state index is 0.0181. The van der Waals surface area contributed by atoms with Crippen LogP contribution < -0.4 is 10.1 Å². The first-order valence-electron chi connectivity index (χ1n) is 10.5. The number of carbonyl (C=O) groups is 2. The number of amides is 1. The number of esters is 1. The van der Waals surface area contributed by atoms with Gasteiger partial charge in [0.05, 0.1) is 23.9 Å². The number of ether oxygens (including phenoxy) is 3. The Morgan fingerprint density at radius 1 is 1.24 bits per heavy atom. The van der Waals surface area contributed by atoms with Crippen LogP contribution in [-0.2, 0) is 14.3 Å². The average molecular weight is 472 g/mol. The van der Waals surface area contributed by atoms with E-state index in [4.69, 9.17) is 25.8 Å². The van der Waals surface area contributed by atoms with Gasteiger partial charge < -0.3 is 19.5 Å². The monoisotopic (exact) mass is 471 g/mol. The number of methoxy groups -OCH3 is 1. The molecule has 0 spiro atoms. The van der Waals surface area contributed by atoms with E-state index in [9.17, 15) is 9.59 Å². The predicted molar refractivity (Wildman–Crippen MR) is 123 cm³/mol. The minimum Gasteiger partial charge on any atom is -0.489 e. The Hall–Kier alpha value is -3.31. The van der Waals surface area contributed by atoms with Gasteiger partial charge in [0.1, 0.15) is 29.4 Å². The lowest BCUT2D eigenvalue weighted by atomic mass is 10.1. The molecule has 1 fully saturated rings. The molecule has 1 aliphatic carbocycles. The van der Waals surface area contributed by atoms with Crippen LogP contribution in [0.4, 0.5) is 4.79 Å². The van der Waals surface area contributed by atoms with Gasteiger partial charge in [0.15, 0.2) is 0 Å². The van der Waals surface area contributed by atoms with Gasteiger partial charge in [-0.2, -0.15) is 0 Å². The van der Waals surface area contributed by atoms with Gasteiger partial charge in [0.2, 0.25) is 0 Å². The highest BCUT2D eigenvalue weighted by Gasteiger charge is 2.25. The van der Waals surface area contributed by atoms with Gasteiger partial charge >= 0.3 is 12.1 Å². The number of carbonyl (C=O) groups excluding carboxylic acids is 2. The van der Waals surface area contributed by atoms with Crippen LogP contribution >= 0.6 is 11.6 Å². The molecular weight excluding hydrogens is 446 g/mol. The standard InChI is InChI=1S/C24H26ClN3O5/c1-24(2,3)33-23(30)28-19(22(29)31-4)7-5-6-16-13-20(27-14-26-16)15-8-11-21(18(25)12-15)32-17-9-10-17/h8,11-14,17,19H,7,9-10H2,1-4H3,(H,28,30). The van der Waals surface area contributed by atoms with Crippen LogP contribution in [0.3, 0.4) is 0 Å². The molecule has 1 heterocycles. The second kappa shape index (κ2) is 10.5. The molecule has 1 amide bonds. The molecule has 1 aromatic carbocycles. The maximum Gasteiger partial charge on any atom is 0.408 e. The summed E-state index contributed by atoms with van der Waals surface area (Å²) < 4.78 is 15.7. The highest BCUT2D eigenvalue weighted by atomic mass is 35.5. The molecule has 3 rings (SSSR count). The van der Waals surface area contributed by atoms with Crippen molar-refractivity contribution in [2.75, 3.05) is 7.11 Å². The molecule has 1 aromatic heterocycles. The van der Waals surface area contributed by atoms with E-state index >= 15 is 0 Å². The Bertz CT molecular complexity index is 1080. The van der Waals surface area contributed by atoms with Crippen LogP contribution in [0.5, 0.6) is 5.75 Å². The molecule has 1 aliphatic rings. The van der Waals surface area contributed by atoms with Gasteiger partial charge in [0, 0.05) is 12.0 Å². The number of rotatable bonds is 6. The van der Waals surface area contributed by atoms with Gasteiger partial charge in [0.25, 0.3) is 0 Å². The lowest BCUT2D eigenvalue weighted by Gasteiger charge is -2.21. The summed E-state index contributed by atoms with van der Waals surface area (Å²) in [5, 5.41) is 2.99. The highest BCUT2D eigenvalue weighted by Crippen LogP contribution is 2.34. The highest BCUT2D eigenvalue weighted by molar-refractivity contribution is 6.32. The maximum absolute atomic E-state index is 12.0. The van der Waals surface area contributed by atoms with E-state index in [1.54, 1.807) is 32.9 Å². The van der Waals surface area contributed by atoms with Gasteiger partial charge in [-0.15, -0.1) is 0 Å². The molecule has 174 valence electrons.